The van der Waals surface area contributed by atoms with Crippen LogP contribution in [0.1, 0.15) is 26.3 Å². The molecule has 0 aliphatic heterocycles. The second kappa shape index (κ2) is 11.3. The zero-order valence-electron chi connectivity index (χ0n) is 16.6. The highest BCUT2D eigenvalue weighted by Gasteiger charge is 2.28. The number of aliphatic hydroxyl groups excluding tert-OH is 1. The molecule has 28 heavy (non-hydrogen) atoms. The quantitative estimate of drug-likeness (QED) is 0.526. The molecule has 0 aliphatic carbocycles. The van der Waals surface area contributed by atoms with Gasteiger partial charge in [0.1, 0.15) is 11.6 Å². The summed E-state index contributed by atoms with van der Waals surface area (Å²) in [7, 11) is 1.14. The van der Waals surface area contributed by atoms with Crippen molar-refractivity contribution in [3.8, 4) is 0 Å². The van der Waals surface area contributed by atoms with Crippen molar-refractivity contribution >= 4 is 18.0 Å². The van der Waals surface area contributed by atoms with Crippen molar-refractivity contribution in [2.75, 3.05) is 20.3 Å². The van der Waals surface area contributed by atoms with Crippen LogP contribution in [0.25, 0.3) is 0 Å². The van der Waals surface area contributed by atoms with Gasteiger partial charge < -0.3 is 30.0 Å². The number of hydrogen-bond acceptors (Lipinski definition) is 7. The van der Waals surface area contributed by atoms with E-state index in [0.29, 0.717) is 0 Å². The zero-order valence-corrected chi connectivity index (χ0v) is 16.6. The minimum Gasteiger partial charge on any atom is -0.467 e. The number of rotatable bonds is 9. The maximum absolute atomic E-state index is 12.5. The van der Waals surface area contributed by atoms with E-state index in [1.807, 2.05) is 30.3 Å². The third-order valence-electron chi connectivity index (χ3n) is 3.39. The van der Waals surface area contributed by atoms with Gasteiger partial charge in [0, 0.05) is 0 Å². The Morgan fingerprint density at radius 3 is 2.25 bits per heavy atom. The van der Waals surface area contributed by atoms with Crippen LogP contribution in [-0.2, 0) is 30.4 Å². The third kappa shape index (κ3) is 8.83. The van der Waals surface area contributed by atoms with Gasteiger partial charge in [0.15, 0.2) is 6.04 Å². The first kappa shape index (κ1) is 23.4. The van der Waals surface area contributed by atoms with Crippen LogP contribution < -0.4 is 10.6 Å². The Morgan fingerprint density at radius 1 is 1.07 bits per heavy atom. The first-order valence-corrected chi connectivity index (χ1v) is 8.76. The van der Waals surface area contributed by atoms with Crippen LogP contribution in [0.5, 0.6) is 0 Å². The van der Waals surface area contributed by atoms with Crippen LogP contribution in [0.4, 0.5) is 4.79 Å². The molecule has 1 rings (SSSR count). The van der Waals surface area contributed by atoms with Crippen LogP contribution in [-0.4, -0.2) is 61.1 Å². The van der Waals surface area contributed by atoms with Gasteiger partial charge in [-0.2, -0.15) is 0 Å². The Balaban J connectivity index is 2.76. The molecule has 0 saturated heterocycles. The molecule has 1 aromatic carbocycles. The third-order valence-corrected chi connectivity index (χ3v) is 3.39. The summed E-state index contributed by atoms with van der Waals surface area (Å²) in [5.41, 5.74) is 0.136. The van der Waals surface area contributed by atoms with Gasteiger partial charge in [-0.1, -0.05) is 30.3 Å². The molecule has 0 fully saturated rings. The zero-order chi connectivity index (χ0) is 21.2. The monoisotopic (exact) mass is 396 g/mol. The number of aliphatic hydroxyl groups is 1. The summed E-state index contributed by atoms with van der Waals surface area (Å²) in [4.78, 5) is 36.1. The van der Waals surface area contributed by atoms with Crippen molar-refractivity contribution in [2.45, 2.75) is 45.1 Å². The van der Waals surface area contributed by atoms with Crippen LogP contribution in [0.2, 0.25) is 0 Å². The number of ether oxygens (including phenoxy) is 3. The van der Waals surface area contributed by atoms with E-state index in [0.717, 1.165) is 12.7 Å². The summed E-state index contributed by atoms with van der Waals surface area (Å²) >= 11 is 0. The standard InChI is InChI=1S/C19H28N2O7/c1-19(2,3)28-18(25)21-15(12-27-11-13-8-6-5-7-9-13)16(23)20-14(10-22)17(24)26-4/h5-9,14-15,22H,10-12H2,1-4H3,(H,20,23)(H,21,25). The number of methoxy groups -OCH3 is 1. The van der Waals surface area contributed by atoms with E-state index in [9.17, 15) is 19.5 Å². The van der Waals surface area contributed by atoms with Crippen molar-refractivity contribution in [3.63, 3.8) is 0 Å². The van der Waals surface area contributed by atoms with Crippen molar-refractivity contribution in [1.82, 2.24) is 10.6 Å². The van der Waals surface area contributed by atoms with Gasteiger partial charge in [0.05, 0.1) is 26.9 Å². The van der Waals surface area contributed by atoms with Crippen molar-refractivity contribution in [1.29, 1.82) is 0 Å². The lowest BCUT2D eigenvalue weighted by Gasteiger charge is -2.24. The number of carbonyl (C=O) groups excluding carboxylic acids is 3. The van der Waals surface area contributed by atoms with Gasteiger partial charge in [-0.3, -0.25) is 4.79 Å². The molecule has 9 nitrogen and oxygen atoms in total. The average Bonchev–Trinajstić information content (AvgIpc) is 2.63. The first-order chi connectivity index (χ1) is 13.2. The summed E-state index contributed by atoms with van der Waals surface area (Å²) in [6, 6.07) is 6.89. The molecule has 2 amide bonds. The number of carbonyl (C=O) groups is 3. The Hall–Kier alpha value is -2.65. The van der Waals surface area contributed by atoms with Gasteiger partial charge in [-0.05, 0) is 26.3 Å². The Bertz CT molecular complexity index is 643. The minimum absolute atomic E-state index is 0.167. The van der Waals surface area contributed by atoms with Gasteiger partial charge >= 0.3 is 12.1 Å². The lowest BCUT2D eigenvalue weighted by Crippen LogP contribution is -2.55. The highest BCUT2D eigenvalue weighted by molar-refractivity contribution is 5.89. The lowest BCUT2D eigenvalue weighted by molar-refractivity contribution is -0.146. The smallest absolute Gasteiger partial charge is 0.408 e. The molecule has 0 aromatic heterocycles. The van der Waals surface area contributed by atoms with E-state index in [1.165, 1.54) is 0 Å². The number of benzene rings is 1. The van der Waals surface area contributed by atoms with E-state index in [1.54, 1.807) is 20.8 Å². The van der Waals surface area contributed by atoms with Crippen LogP contribution in [0.15, 0.2) is 30.3 Å². The topological polar surface area (TPSA) is 123 Å². The number of hydrogen-bond donors (Lipinski definition) is 3. The number of alkyl carbamates (subject to hydrolysis) is 1. The fraction of sp³-hybridized carbons (Fsp3) is 0.526. The summed E-state index contributed by atoms with van der Waals surface area (Å²) < 4.78 is 15.2. The molecule has 0 heterocycles. The number of esters is 1. The van der Waals surface area contributed by atoms with Gasteiger partial charge in [0.25, 0.3) is 0 Å². The van der Waals surface area contributed by atoms with Gasteiger partial charge in [-0.25, -0.2) is 9.59 Å². The molecule has 0 aliphatic rings. The van der Waals surface area contributed by atoms with Crippen LogP contribution >= 0.6 is 0 Å². The summed E-state index contributed by atoms with van der Waals surface area (Å²) in [6.07, 6.45) is -0.811. The van der Waals surface area contributed by atoms with Crippen LogP contribution in [0.3, 0.4) is 0 Å². The molecule has 9 heteroatoms. The highest BCUT2D eigenvalue weighted by Crippen LogP contribution is 2.07. The van der Waals surface area contributed by atoms with E-state index < -0.39 is 42.3 Å². The maximum Gasteiger partial charge on any atom is 0.408 e. The molecule has 2 atom stereocenters. The van der Waals surface area contributed by atoms with Gasteiger partial charge in [0.2, 0.25) is 5.91 Å². The van der Waals surface area contributed by atoms with E-state index in [4.69, 9.17) is 9.47 Å². The Morgan fingerprint density at radius 2 is 1.71 bits per heavy atom. The van der Waals surface area contributed by atoms with Crippen molar-refractivity contribution in [2.24, 2.45) is 0 Å². The van der Waals surface area contributed by atoms with E-state index in [-0.39, 0.29) is 13.2 Å². The first-order valence-electron chi connectivity index (χ1n) is 8.76. The van der Waals surface area contributed by atoms with Crippen molar-refractivity contribution < 1.29 is 33.7 Å². The predicted octanol–water partition coefficient (Wildman–Crippen LogP) is 0.747. The van der Waals surface area contributed by atoms with Crippen molar-refractivity contribution in [3.05, 3.63) is 35.9 Å². The maximum atomic E-state index is 12.5. The number of amides is 2. The lowest BCUT2D eigenvalue weighted by atomic mass is 10.2. The second-order valence-corrected chi connectivity index (χ2v) is 6.97. The van der Waals surface area contributed by atoms with E-state index in [2.05, 4.69) is 15.4 Å². The fourth-order valence-electron chi connectivity index (χ4n) is 2.10. The van der Waals surface area contributed by atoms with E-state index >= 15 is 0 Å². The normalized spacial score (nSPS) is 13.2. The number of nitrogens with one attached hydrogen (secondary N) is 2. The van der Waals surface area contributed by atoms with Crippen LogP contribution in [0, 0.1) is 0 Å². The predicted molar refractivity (Wildman–Crippen MR) is 100 cm³/mol. The summed E-state index contributed by atoms with van der Waals surface area (Å²) in [5, 5.41) is 14.0. The molecule has 0 radical (unpaired) electrons. The largest absolute Gasteiger partial charge is 0.467 e. The highest BCUT2D eigenvalue weighted by atomic mass is 16.6. The molecule has 0 spiro atoms. The SMILES string of the molecule is COC(=O)C(CO)NC(=O)C(COCc1ccccc1)NC(=O)OC(C)(C)C. The molecule has 2 unspecified atom stereocenters. The average molecular weight is 396 g/mol. The molecular formula is C19H28N2O7. The summed E-state index contributed by atoms with van der Waals surface area (Å²) in [5.74, 6) is -1.53. The minimum atomic E-state index is -1.26. The molecule has 156 valence electrons. The second-order valence-electron chi connectivity index (χ2n) is 6.97. The Kier molecular flexibility index (Phi) is 9.40. The summed E-state index contributed by atoms with van der Waals surface area (Å²) in [6.45, 7) is 4.47. The van der Waals surface area contributed by atoms with Gasteiger partial charge in [-0.15, -0.1) is 0 Å². The molecule has 1 aromatic rings. The molecule has 0 saturated carbocycles. The fourth-order valence-corrected chi connectivity index (χ4v) is 2.10. The molecular weight excluding hydrogens is 368 g/mol. The molecule has 0 bridgehead atoms. The Labute approximate surface area is 164 Å². The molecule has 3 N–H and O–H groups in total.